The van der Waals surface area contributed by atoms with E-state index in [1.54, 1.807) is 0 Å². The molecule has 0 nitrogen and oxygen atoms in total. The van der Waals surface area contributed by atoms with Crippen LogP contribution >= 0.6 is 0 Å². The first kappa shape index (κ1) is 9.05. The van der Waals surface area contributed by atoms with Gasteiger partial charge in [0.1, 0.15) is 0 Å². The topological polar surface area (TPSA) is 0 Å². The lowest BCUT2D eigenvalue weighted by Gasteiger charge is -2.04. The van der Waals surface area contributed by atoms with Gasteiger partial charge in [-0.2, -0.15) is 0 Å². The third-order valence-corrected chi connectivity index (χ3v) is 1.87. The summed E-state index contributed by atoms with van der Waals surface area (Å²) in [6.45, 7) is 4.30. The van der Waals surface area contributed by atoms with E-state index in [0.717, 1.165) is 6.42 Å². The number of allylic oxidation sites excluding steroid dienone is 2. The molecule has 1 atom stereocenters. The lowest BCUT2D eigenvalue weighted by molar-refractivity contribution is 0.722. The molecule has 1 rings (SSSR count). The van der Waals surface area contributed by atoms with E-state index in [2.05, 4.69) is 44.2 Å². The predicted molar refractivity (Wildman–Crippen MR) is 53.0 cm³/mol. The molecule has 63 valence electrons. The molecule has 0 aliphatic carbocycles. The molecule has 0 amide bonds. The van der Waals surface area contributed by atoms with Crippen LogP contribution < -0.4 is 0 Å². The van der Waals surface area contributed by atoms with Crippen LogP contribution in [0.4, 0.5) is 0 Å². The van der Waals surface area contributed by atoms with Crippen molar-refractivity contribution in [3.8, 4) is 0 Å². The van der Waals surface area contributed by atoms with Crippen LogP contribution in [-0.2, 0) is 6.42 Å². The van der Waals surface area contributed by atoms with Gasteiger partial charge in [-0.3, -0.25) is 0 Å². The Bertz CT molecular complexity index is 233. The van der Waals surface area contributed by atoms with Crippen LogP contribution in [0.15, 0.2) is 36.4 Å². The van der Waals surface area contributed by atoms with Crippen molar-refractivity contribution in [2.24, 2.45) is 5.92 Å². The summed E-state index contributed by atoms with van der Waals surface area (Å²) in [6, 6.07) is 11.2. The van der Waals surface area contributed by atoms with Crippen molar-refractivity contribution >= 4 is 0 Å². The third kappa shape index (κ3) is 2.91. The van der Waals surface area contributed by atoms with Gasteiger partial charge in [0.25, 0.3) is 0 Å². The summed E-state index contributed by atoms with van der Waals surface area (Å²) in [7, 11) is 0. The van der Waals surface area contributed by atoms with E-state index in [4.69, 9.17) is 0 Å². The van der Waals surface area contributed by atoms with Crippen LogP contribution in [0.25, 0.3) is 0 Å². The lowest BCUT2D eigenvalue weighted by Crippen LogP contribution is -1.94. The van der Waals surface area contributed by atoms with Crippen LogP contribution in [0.3, 0.4) is 0 Å². The Hall–Kier alpha value is -1.04. The van der Waals surface area contributed by atoms with Crippen molar-refractivity contribution in [3.63, 3.8) is 0 Å². The Morgan fingerprint density at radius 3 is 2.67 bits per heavy atom. The minimum Gasteiger partial charge on any atom is -0.0914 e. The molecule has 0 aliphatic heterocycles. The molecule has 1 aromatic rings. The smallest absolute Gasteiger partial charge is 0.0184 e. The summed E-state index contributed by atoms with van der Waals surface area (Å²) in [4.78, 5) is 0. The van der Waals surface area contributed by atoms with E-state index in [0.29, 0.717) is 5.92 Å². The van der Waals surface area contributed by atoms with Gasteiger partial charge in [0.15, 0.2) is 0 Å². The Kier molecular flexibility index (Phi) is 3.59. The molecule has 0 bridgehead atoms. The van der Waals surface area contributed by atoms with Crippen molar-refractivity contribution in [3.05, 3.63) is 48.0 Å². The fourth-order valence-corrected chi connectivity index (χ4v) is 1.33. The maximum Gasteiger partial charge on any atom is -0.0184 e. The van der Waals surface area contributed by atoms with Gasteiger partial charge in [-0.05, 0) is 30.9 Å². The first-order chi connectivity index (χ1) is 5.83. The van der Waals surface area contributed by atoms with E-state index < -0.39 is 0 Å². The molecule has 0 heteroatoms. The zero-order valence-corrected chi connectivity index (χ0v) is 7.75. The first-order valence-electron chi connectivity index (χ1n) is 4.40. The molecular weight excluding hydrogens is 144 g/mol. The van der Waals surface area contributed by atoms with Gasteiger partial charge >= 0.3 is 0 Å². The second kappa shape index (κ2) is 4.76. The standard InChI is InChI=1S/C12H15/c1-3-7-11(2)10-12-8-5-4-6-9-12/h3,5-9,11H,10H2,1-2H3. The molecule has 1 aromatic carbocycles. The van der Waals surface area contributed by atoms with Crippen molar-refractivity contribution < 1.29 is 0 Å². The summed E-state index contributed by atoms with van der Waals surface area (Å²) in [5.41, 5.74) is 1.39. The van der Waals surface area contributed by atoms with Crippen LogP contribution in [0.1, 0.15) is 19.4 Å². The average Bonchev–Trinajstić information content (AvgIpc) is 2.06. The van der Waals surface area contributed by atoms with Crippen molar-refractivity contribution in [1.82, 2.24) is 0 Å². The minimum atomic E-state index is 0.636. The Morgan fingerprint density at radius 1 is 1.42 bits per heavy atom. The SMILES string of the molecule is CC=CC(C)Cc1cc[c]cc1. The Labute approximate surface area is 74.9 Å². The van der Waals surface area contributed by atoms with Crippen LogP contribution in [-0.4, -0.2) is 0 Å². The Morgan fingerprint density at radius 2 is 2.08 bits per heavy atom. The second-order valence-electron chi connectivity index (χ2n) is 3.12. The highest BCUT2D eigenvalue weighted by Gasteiger charge is 1.97. The number of benzene rings is 1. The minimum absolute atomic E-state index is 0.636. The van der Waals surface area contributed by atoms with Crippen molar-refractivity contribution in [2.75, 3.05) is 0 Å². The highest BCUT2D eigenvalue weighted by Crippen LogP contribution is 2.08. The zero-order valence-electron chi connectivity index (χ0n) is 7.75. The molecule has 0 spiro atoms. The van der Waals surface area contributed by atoms with Crippen molar-refractivity contribution in [1.29, 1.82) is 0 Å². The molecule has 0 heterocycles. The number of hydrogen-bond acceptors (Lipinski definition) is 0. The average molecular weight is 159 g/mol. The zero-order chi connectivity index (χ0) is 8.81. The first-order valence-corrected chi connectivity index (χ1v) is 4.40. The molecule has 12 heavy (non-hydrogen) atoms. The maximum absolute atomic E-state index is 3.02. The molecule has 0 aliphatic rings. The lowest BCUT2D eigenvalue weighted by atomic mass is 10.0. The van der Waals surface area contributed by atoms with Gasteiger partial charge in [0.05, 0.1) is 0 Å². The molecular formula is C12H15. The summed E-state index contributed by atoms with van der Waals surface area (Å²) in [5.74, 6) is 0.636. The quantitative estimate of drug-likeness (QED) is 0.594. The molecule has 1 radical (unpaired) electrons. The second-order valence-corrected chi connectivity index (χ2v) is 3.12. The van der Waals surface area contributed by atoms with E-state index in [-0.39, 0.29) is 0 Å². The van der Waals surface area contributed by atoms with Gasteiger partial charge in [0, 0.05) is 0 Å². The van der Waals surface area contributed by atoms with Gasteiger partial charge in [0.2, 0.25) is 0 Å². The molecule has 0 saturated carbocycles. The molecule has 0 N–H and O–H groups in total. The summed E-state index contributed by atoms with van der Waals surface area (Å²) in [6.07, 6.45) is 5.47. The molecule has 1 unspecified atom stereocenters. The van der Waals surface area contributed by atoms with E-state index in [1.165, 1.54) is 5.56 Å². The fraction of sp³-hybridized carbons (Fsp3) is 0.333. The molecule has 0 fully saturated rings. The monoisotopic (exact) mass is 159 g/mol. The van der Waals surface area contributed by atoms with E-state index >= 15 is 0 Å². The fourth-order valence-electron chi connectivity index (χ4n) is 1.33. The number of rotatable bonds is 3. The predicted octanol–water partition coefficient (Wildman–Crippen LogP) is 3.24. The van der Waals surface area contributed by atoms with E-state index in [1.807, 2.05) is 12.1 Å². The largest absolute Gasteiger partial charge is 0.0914 e. The van der Waals surface area contributed by atoms with Crippen LogP contribution in [0.2, 0.25) is 0 Å². The van der Waals surface area contributed by atoms with Gasteiger partial charge < -0.3 is 0 Å². The highest BCUT2D eigenvalue weighted by atomic mass is 14.0. The molecule has 0 aromatic heterocycles. The highest BCUT2D eigenvalue weighted by molar-refractivity contribution is 5.15. The van der Waals surface area contributed by atoms with Crippen molar-refractivity contribution in [2.45, 2.75) is 20.3 Å². The van der Waals surface area contributed by atoms with E-state index in [9.17, 15) is 0 Å². The molecule has 0 saturated heterocycles. The summed E-state index contributed by atoms with van der Waals surface area (Å²) in [5, 5.41) is 0. The summed E-state index contributed by atoms with van der Waals surface area (Å²) >= 11 is 0. The van der Waals surface area contributed by atoms with Gasteiger partial charge in [-0.1, -0.05) is 43.3 Å². The third-order valence-electron chi connectivity index (χ3n) is 1.87. The summed E-state index contributed by atoms with van der Waals surface area (Å²) < 4.78 is 0. The van der Waals surface area contributed by atoms with Gasteiger partial charge in [-0.15, -0.1) is 0 Å². The van der Waals surface area contributed by atoms with Crippen LogP contribution in [0.5, 0.6) is 0 Å². The normalized spacial score (nSPS) is 13.5. The Balaban J connectivity index is 2.52. The number of hydrogen-bond donors (Lipinski definition) is 0. The van der Waals surface area contributed by atoms with Crippen LogP contribution in [0, 0.1) is 12.0 Å². The maximum atomic E-state index is 3.02. The van der Waals surface area contributed by atoms with Gasteiger partial charge in [-0.25, -0.2) is 0 Å².